The van der Waals surface area contributed by atoms with Crippen molar-refractivity contribution in [3.05, 3.63) is 63.2 Å². The molecule has 24 heavy (non-hydrogen) atoms. The summed E-state index contributed by atoms with van der Waals surface area (Å²) < 4.78 is 4.68. The lowest BCUT2D eigenvalue weighted by atomic mass is 10.2. The maximum atomic E-state index is 12.3. The third-order valence-corrected chi connectivity index (χ3v) is 4.79. The lowest BCUT2D eigenvalue weighted by molar-refractivity contribution is 0.102. The molecule has 0 saturated carbocycles. The van der Waals surface area contributed by atoms with Crippen LogP contribution in [0.1, 0.15) is 28.5 Å². The highest BCUT2D eigenvalue weighted by Gasteiger charge is 2.11. The molecule has 0 fully saturated rings. The third-order valence-electron chi connectivity index (χ3n) is 3.85. The Balaban J connectivity index is 1.70. The molecule has 2 heterocycles. The minimum absolute atomic E-state index is 0.130. The number of benzene rings is 1. The second-order valence-electron chi connectivity index (χ2n) is 5.43. The number of halogens is 1. The molecule has 1 amide bonds. The number of aryl methyl sites for hydroxylation is 1. The molecule has 1 N–H and O–H groups in total. The van der Waals surface area contributed by atoms with E-state index in [2.05, 4.69) is 52.0 Å². The molecule has 0 bridgehead atoms. The van der Waals surface area contributed by atoms with Crippen LogP contribution in [0.25, 0.3) is 0 Å². The van der Waals surface area contributed by atoms with Gasteiger partial charge in [0.1, 0.15) is 0 Å². The Labute approximate surface area is 154 Å². The largest absolute Gasteiger partial charge is 0.319 e. The second kappa shape index (κ2) is 7.16. The molecule has 2 aromatic heterocycles. The molecule has 0 aliphatic rings. The molecule has 124 valence electrons. The zero-order chi connectivity index (χ0) is 17.1. The van der Waals surface area contributed by atoms with E-state index >= 15 is 0 Å². The van der Waals surface area contributed by atoms with E-state index in [4.69, 9.17) is 0 Å². The molecule has 0 spiro atoms. The SMILES string of the molecule is CCn1ncc(Cn2cc(NC(=O)c3ccccc3I)cn2)c1C. The molecule has 3 aromatic rings. The Kier molecular flexibility index (Phi) is 4.98. The average Bonchev–Trinajstić information content (AvgIpc) is 3.15. The van der Waals surface area contributed by atoms with E-state index in [-0.39, 0.29) is 5.91 Å². The summed E-state index contributed by atoms with van der Waals surface area (Å²) in [4.78, 5) is 12.3. The molecular weight excluding hydrogens is 417 g/mol. The number of anilines is 1. The quantitative estimate of drug-likeness (QED) is 0.626. The molecule has 6 nitrogen and oxygen atoms in total. The number of nitrogens with one attached hydrogen (secondary N) is 1. The molecular formula is C17H18IN5O. The third kappa shape index (κ3) is 3.50. The molecule has 3 rings (SSSR count). The lowest BCUT2D eigenvalue weighted by Crippen LogP contribution is -2.12. The maximum Gasteiger partial charge on any atom is 0.256 e. The van der Waals surface area contributed by atoms with Crippen LogP contribution >= 0.6 is 22.6 Å². The molecule has 0 atom stereocenters. The Bertz CT molecular complexity index is 868. The summed E-state index contributed by atoms with van der Waals surface area (Å²) >= 11 is 2.16. The van der Waals surface area contributed by atoms with Crippen molar-refractivity contribution in [2.24, 2.45) is 0 Å². The summed E-state index contributed by atoms with van der Waals surface area (Å²) in [7, 11) is 0. The first-order valence-corrected chi connectivity index (χ1v) is 8.76. The Hall–Kier alpha value is -2.16. The van der Waals surface area contributed by atoms with E-state index in [0.717, 1.165) is 21.4 Å². The zero-order valence-electron chi connectivity index (χ0n) is 13.5. The van der Waals surface area contributed by atoms with E-state index in [1.807, 2.05) is 41.3 Å². The molecule has 0 radical (unpaired) electrons. The van der Waals surface area contributed by atoms with Crippen molar-refractivity contribution in [2.75, 3.05) is 5.32 Å². The van der Waals surface area contributed by atoms with Gasteiger partial charge in [0, 0.05) is 27.6 Å². The maximum absolute atomic E-state index is 12.3. The molecule has 7 heteroatoms. The Morgan fingerprint density at radius 2 is 2.04 bits per heavy atom. The van der Waals surface area contributed by atoms with Crippen molar-refractivity contribution in [3.63, 3.8) is 0 Å². The van der Waals surface area contributed by atoms with Crippen molar-refractivity contribution < 1.29 is 4.79 Å². The van der Waals surface area contributed by atoms with Crippen LogP contribution in [-0.2, 0) is 13.1 Å². The fourth-order valence-electron chi connectivity index (χ4n) is 2.49. The molecule has 0 aliphatic carbocycles. The Morgan fingerprint density at radius 1 is 1.25 bits per heavy atom. The highest BCUT2D eigenvalue weighted by atomic mass is 127. The summed E-state index contributed by atoms with van der Waals surface area (Å²) in [5, 5.41) is 11.5. The smallest absolute Gasteiger partial charge is 0.256 e. The normalized spacial score (nSPS) is 10.8. The van der Waals surface area contributed by atoms with Crippen molar-refractivity contribution >= 4 is 34.2 Å². The van der Waals surface area contributed by atoms with Gasteiger partial charge in [0.05, 0.1) is 30.2 Å². The number of aromatic nitrogens is 4. The van der Waals surface area contributed by atoms with Gasteiger partial charge in [-0.2, -0.15) is 10.2 Å². The van der Waals surface area contributed by atoms with Crippen LogP contribution in [0.2, 0.25) is 0 Å². The monoisotopic (exact) mass is 435 g/mol. The van der Waals surface area contributed by atoms with E-state index in [1.165, 1.54) is 0 Å². The number of carbonyl (C=O) groups is 1. The predicted octanol–water partition coefficient (Wildman–Crippen LogP) is 3.31. The number of carbonyl (C=O) groups excluding carboxylic acids is 1. The van der Waals surface area contributed by atoms with Crippen LogP contribution in [0.4, 0.5) is 5.69 Å². The van der Waals surface area contributed by atoms with Crippen molar-refractivity contribution in [3.8, 4) is 0 Å². The number of rotatable bonds is 5. The van der Waals surface area contributed by atoms with Gasteiger partial charge < -0.3 is 5.32 Å². The van der Waals surface area contributed by atoms with Crippen LogP contribution in [-0.4, -0.2) is 25.5 Å². The summed E-state index contributed by atoms with van der Waals surface area (Å²) in [5.41, 5.74) is 3.60. The average molecular weight is 435 g/mol. The van der Waals surface area contributed by atoms with Crippen LogP contribution < -0.4 is 5.32 Å². The van der Waals surface area contributed by atoms with E-state index < -0.39 is 0 Å². The zero-order valence-corrected chi connectivity index (χ0v) is 15.7. The second-order valence-corrected chi connectivity index (χ2v) is 6.59. The first kappa shape index (κ1) is 16.7. The summed E-state index contributed by atoms with van der Waals surface area (Å²) in [6.07, 6.45) is 5.36. The fraction of sp³-hybridized carbons (Fsp3) is 0.235. The topological polar surface area (TPSA) is 64.7 Å². The van der Waals surface area contributed by atoms with Gasteiger partial charge in [0.25, 0.3) is 5.91 Å². The first-order chi connectivity index (χ1) is 11.6. The minimum atomic E-state index is -0.130. The van der Waals surface area contributed by atoms with Crippen LogP contribution in [0.15, 0.2) is 42.9 Å². The van der Waals surface area contributed by atoms with E-state index in [0.29, 0.717) is 17.8 Å². The lowest BCUT2D eigenvalue weighted by Gasteiger charge is -2.04. The van der Waals surface area contributed by atoms with Crippen LogP contribution in [0.5, 0.6) is 0 Å². The summed E-state index contributed by atoms with van der Waals surface area (Å²) in [6, 6.07) is 7.49. The van der Waals surface area contributed by atoms with Gasteiger partial charge in [-0.25, -0.2) is 0 Å². The number of nitrogens with zero attached hydrogens (tertiary/aromatic N) is 4. The Morgan fingerprint density at radius 3 is 2.75 bits per heavy atom. The van der Waals surface area contributed by atoms with Gasteiger partial charge in [-0.3, -0.25) is 14.2 Å². The predicted molar refractivity (Wildman–Crippen MR) is 101 cm³/mol. The highest BCUT2D eigenvalue weighted by Crippen LogP contribution is 2.15. The fourth-order valence-corrected chi connectivity index (χ4v) is 3.12. The highest BCUT2D eigenvalue weighted by molar-refractivity contribution is 14.1. The molecule has 0 saturated heterocycles. The number of amides is 1. The van der Waals surface area contributed by atoms with Crippen molar-refractivity contribution in [1.29, 1.82) is 0 Å². The number of hydrogen-bond acceptors (Lipinski definition) is 3. The van der Waals surface area contributed by atoms with Gasteiger partial charge in [-0.05, 0) is 48.6 Å². The summed E-state index contributed by atoms with van der Waals surface area (Å²) in [6.45, 7) is 5.60. The standard InChI is InChI=1S/C17H18IN5O/c1-3-23-12(2)13(8-20-23)10-22-11-14(9-19-22)21-17(24)15-6-4-5-7-16(15)18/h4-9,11H,3,10H2,1-2H3,(H,21,24). The van der Waals surface area contributed by atoms with Crippen molar-refractivity contribution in [1.82, 2.24) is 19.6 Å². The minimum Gasteiger partial charge on any atom is -0.319 e. The van der Waals surface area contributed by atoms with Crippen LogP contribution in [0.3, 0.4) is 0 Å². The van der Waals surface area contributed by atoms with Crippen molar-refractivity contribution in [2.45, 2.75) is 26.9 Å². The van der Waals surface area contributed by atoms with Gasteiger partial charge >= 0.3 is 0 Å². The summed E-state index contributed by atoms with van der Waals surface area (Å²) in [5.74, 6) is -0.130. The van der Waals surface area contributed by atoms with E-state index in [1.54, 1.807) is 10.9 Å². The molecule has 1 aromatic carbocycles. The van der Waals surface area contributed by atoms with Gasteiger partial charge in [0.15, 0.2) is 0 Å². The first-order valence-electron chi connectivity index (χ1n) is 7.68. The van der Waals surface area contributed by atoms with Gasteiger partial charge in [0.2, 0.25) is 0 Å². The number of hydrogen-bond donors (Lipinski definition) is 1. The molecule has 0 aliphatic heterocycles. The van der Waals surface area contributed by atoms with Gasteiger partial charge in [-0.15, -0.1) is 0 Å². The van der Waals surface area contributed by atoms with Gasteiger partial charge in [-0.1, -0.05) is 12.1 Å². The van der Waals surface area contributed by atoms with E-state index in [9.17, 15) is 4.79 Å². The molecule has 0 unspecified atom stereocenters. The van der Waals surface area contributed by atoms with Crippen LogP contribution in [0, 0.1) is 10.5 Å².